The average molecular weight is 271 g/mol. The summed E-state index contributed by atoms with van der Waals surface area (Å²) in [6.45, 7) is 4.27. The van der Waals surface area contributed by atoms with Crippen LogP contribution in [0.3, 0.4) is 0 Å². The Hall–Kier alpha value is -0.520. The molecule has 1 heterocycles. The third kappa shape index (κ3) is 4.63. The number of unbranched alkanes of at least 4 members (excludes halogenated alkanes) is 1. The maximum Gasteiger partial charge on any atom is 0.0939 e. The van der Waals surface area contributed by atoms with Crippen molar-refractivity contribution in [2.45, 2.75) is 43.7 Å². The van der Waals surface area contributed by atoms with Crippen LogP contribution < -0.4 is 5.32 Å². The van der Waals surface area contributed by atoms with Gasteiger partial charge in [0.25, 0.3) is 0 Å². The highest BCUT2D eigenvalue weighted by molar-refractivity contribution is 7.99. The van der Waals surface area contributed by atoms with E-state index in [2.05, 4.69) is 23.4 Å². The van der Waals surface area contributed by atoms with Gasteiger partial charge in [0.1, 0.15) is 0 Å². The minimum absolute atomic E-state index is 0.131. The number of hydrogen-bond donors (Lipinski definition) is 2. The van der Waals surface area contributed by atoms with E-state index in [0.29, 0.717) is 0 Å². The Bertz CT molecular complexity index is 361. The summed E-state index contributed by atoms with van der Waals surface area (Å²) >= 11 is 1.85. The molecular formula is C13H25N3OS. The Balaban J connectivity index is 2.21. The minimum Gasteiger partial charge on any atom is -0.394 e. The summed E-state index contributed by atoms with van der Waals surface area (Å²) in [5.74, 6) is 1.10. The number of hydrogen-bond acceptors (Lipinski definition) is 4. The zero-order valence-corrected chi connectivity index (χ0v) is 12.7. The highest BCUT2D eigenvalue weighted by atomic mass is 32.2. The number of nitrogens with one attached hydrogen (secondary N) is 1. The molecule has 0 bridgehead atoms. The quantitative estimate of drug-likeness (QED) is 0.560. The van der Waals surface area contributed by atoms with Gasteiger partial charge in [-0.05, 0) is 45.6 Å². The fourth-order valence-corrected chi connectivity index (χ4v) is 2.84. The van der Waals surface area contributed by atoms with Gasteiger partial charge in [-0.25, -0.2) is 0 Å². The lowest BCUT2D eigenvalue weighted by atomic mass is 9.96. The van der Waals surface area contributed by atoms with Crippen LogP contribution in [0.15, 0.2) is 11.1 Å². The van der Waals surface area contributed by atoms with E-state index in [1.807, 2.05) is 37.5 Å². The topological polar surface area (TPSA) is 50.1 Å². The molecule has 18 heavy (non-hydrogen) atoms. The largest absolute Gasteiger partial charge is 0.394 e. The molecule has 104 valence electrons. The molecule has 0 amide bonds. The van der Waals surface area contributed by atoms with Crippen LogP contribution in [-0.4, -0.2) is 39.8 Å². The smallest absolute Gasteiger partial charge is 0.0939 e. The van der Waals surface area contributed by atoms with Gasteiger partial charge in [0, 0.05) is 12.6 Å². The van der Waals surface area contributed by atoms with Crippen molar-refractivity contribution in [3.63, 3.8) is 0 Å². The summed E-state index contributed by atoms with van der Waals surface area (Å²) in [7, 11) is 3.89. The molecule has 1 rings (SSSR count). The van der Waals surface area contributed by atoms with Crippen LogP contribution in [0, 0.1) is 6.92 Å². The fourth-order valence-electron chi connectivity index (χ4n) is 1.80. The van der Waals surface area contributed by atoms with Crippen LogP contribution in [0.1, 0.15) is 31.9 Å². The Morgan fingerprint density at radius 2 is 2.22 bits per heavy atom. The molecule has 0 fully saturated rings. The molecule has 1 aromatic heterocycles. The first-order valence-electron chi connectivity index (χ1n) is 6.44. The molecule has 1 aromatic rings. The zero-order valence-electron chi connectivity index (χ0n) is 11.9. The Kier molecular flexibility index (Phi) is 6.18. The number of rotatable bonds is 8. The molecule has 0 aliphatic carbocycles. The van der Waals surface area contributed by atoms with Gasteiger partial charge in [-0.2, -0.15) is 5.10 Å². The van der Waals surface area contributed by atoms with E-state index in [0.717, 1.165) is 30.7 Å². The molecule has 0 aliphatic heterocycles. The number of thioether (sulfide) groups is 1. The second-order valence-corrected chi connectivity index (χ2v) is 6.14. The maximum atomic E-state index is 9.28. The lowest BCUT2D eigenvalue weighted by molar-refractivity contribution is 0.171. The number of nitrogens with zero attached hydrogens (tertiary/aromatic N) is 2. The molecule has 0 radical (unpaired) electrons. The molecule has 1 unspecified atom stereocenters. The van der Waals surface area contributed by atoms with Crippen LogP contribution in [0.5, 0.6) is 0 Å². The molecule has 0 saturated heterocycles. The van der Waals surface area contributed by atoms with Gasteiger partial charge in [-0.1, -0.05) is 6.42 Å². The van der Waals surface area contributed by atoms with E-state index < -0.39 is 0 Å². The molecule has 1 atom stereocenters. The lowest BCUT2D eigenvalue weighted by Crippen LogP contribution is -2.43. The van der Waals surface area contributed by atoms with Crippen molar-refractivity contribution < 1.29 is 5.11 Å². The van der Waals surface area contributed by atoms with Crippen LogP contribution >= 0.6 is 11.8 Å². The fraction of sp³-hybridized carbons (Fsp3) is 0.769. The predicted molar refractivity (Wildman–Crippen MR) is 77.1 cm³/mol. The van der Waals surface area contributed by atoms with Crippen molar-refractivity contribution in [3.05, 3.63) is 11.8 Å². The first-order chi connectivity index (χ1) is 8.50. The van der Waals surface area contributed by atoms with Crippen molar-refractivity contribution in [3.8, 4) is 0 Å². The Labute approximate surface area is 114 Å². The molecule has 0 aromatic carbocycles. The van der Waals surface area contributed by atoms with Crippen LogP contribution in [0.2, 0.25) is 0 Å². The van der Waals surface area contributed by atoms with Crippen molar-refractivity contribution in [1.29, 1.82) is 0 Å². The summed E-state index contributed by atoms with van der Waals surface area (Å²) < 4.78 is 1.94. The second-order valence-electron chi connectivity index (χ2n) is 5.02. The number of aromatic nitrogens is 2. The molecule has 0 saturated carbocycles. The summed E-state index contributed by atoms with van der Waals surface area (Å²) in [5.41, 5.74) is 0.941. The van der Waals surface area contributed by atoms with E-state index in [1.165, 1.54) is 5.03 Å². The van der Waals surface area contributed by atoms with E-state index >= 15 is 0 Å². The number of aryl methyl sites for hydroxylation is 2. The SMILES string of the molecule is CNC(C)(CO)CCCCSc1cc(C)nn1C. The standard InChI is InChI=1S/C13H25N3OS/c1-11-9-12(16(4)15-11)18-8-6-5-7-13(2,10-17)14-3/h9,14,17H,5-8,10H2,1-4H3. The van der Waals surface area contributed by atoms with Crippen molar-refractivity contribution in [2.24, 2.45) is 7.05 Å². The molecule has 2 N–H and O–H groups in total. The van der Waals surface area contributed by atoms with Gasteiger partial charge in [0.05, 0.1) is 17.3 Å². The predicted octanol–water partition coefficient (Wildman–Crippen LogP) is 1.96. The van der Waals surface area contributed by atoms with E-state index in [4.69, 9.17) is 0 Å². The monoisotopic (exact) mass is 271 g/mol. The van der Waals surface area contributed by atoms with Gasteiger partial charge in [0.15, 0.2) is 0 Å². The minimum atomic E-state index is -0.131. The van der Waals surface area contributed by atoms with Crippen molar-refractivity contribution in [1.82, 2.24) is 15.1 Å². The van der Waals surface area contributed by atoms with Crippen molar-refractivity contribution >= 4 is 11.8 Å². The van der Waals surface area contributed by atoms with Crippen LogP contribution in [0.25, 0.3) is 0 Å². The number of aliphatic hydroxyl groups is 1. The molecule has 5 heteroatoms. The third-order valence-electron chi connectivity index (χ3n) is 3.28. The molecule has 0 aliphatic rings. The highest BCUT2D eigenvalue weighted by Crippen LogP contribution is 2.21. The first kappa shape index (κ1) is 15.5. The van der Waals surface area contributed by atoms with Crippen LogP contribution in [0.4, 0.5) is 0 Å². The lowest BCUT2D eigenvalue weighted by Gasteiger charge is -2.26. The summed E-state index contributed by atoms with van der Waals surface area (Å²) in [6, 6.07) is 2.12. The van der Waals surface area contributed by atoms with Crippen LogP contribution in [-0.2, 0) is 7.05 Å². The zero-order chi connectivity index (χ0) is 13.6. The van der Waals surface area contributed by atoms with E-state index in [1.54, 1.807) is 0 Å². The number of likely N-dealkylation sites (N-methyl/N-ethyl adjacent to an activating group) is 1. The maximum absolute atomic E-state index is 9.28. The second kappa shape index (κ2) is 7.16. The first-order valence-corrected chi connectivity index (χ1v) is 7.42. The molecule has 0 spiro atoms. The summed E-state index contributed by atoms with van der Waals surface area (Å²) in [4.78, 5) is 0. The van der Waals surface area contributed by atoms with Gasteiger partial charge in [-0.15, -0.1) is 11.8 Å². The highest BCUT2D eigenvalue weighted by Gasteiger charge is 2.19. The number of aliphatic hydroxyl groups excluding tert-OH is 1. The average Bonchev–Trinajstić information content (AvgIpc) is 2.67. The molecule has 4 nitrogen and oxygen atoms in total. The Morgan fingerprint density at radius 1 is 1.50 bits per heavy atom. The van der Waals surface area contributed by atoms with Crippen molar-refractivity contribution in [2.75, 3.05) is 19.4 Å². The van der Waals surface area contributed by atoms with E-state index in [-0.39, 0.29) is 12.1 Å². The Morgan fingerprint density at radius 3 is 2.72 bits per heavy atom. The van der Waals surface area contributed by atoms with E-state index in [9.17, 15) is 5.11 Å². The molecular weight excluding hydrogens is 246 g/mol. The van der Waals surface area contributed by atoms with Gasteiger partial charge >= 0.3 is 0 Å². The normalized spacial score (nSPS) is 14.7. The van der Waals surface area contributed by atoms with Gasteiger partial charge < -0.3 is 10.4 Å². The van der Waals surface area contributed by atoms with Gasteiger partial charge in [0.2, 0.25) is 0 Å². The summed E-state index contributed by atoms with van der Waals surface area (Å²) in [6.07, 6.45) is 3.29. The van der Waals surface area contributed by atoms with Gasteiger partial charge in [-0.3, -0.25) is 4.68 Å². The summed E-state index contributed by atoms with van der Waals surface area (Å²) in [5, 5.41) is 18.0. The third-order valence-corrected chi connectivity index (χ3v) is 4.46.